The van der Waals surface area contributed by atoms with Crippen LogP contribution in [-0.2, 0) is 0 Å². The Morgan fingerprint density at radius 1 is 0.808 bits per heavy atom. The molecule has 0 radical (unpaired) electrons. The third kappa shape index (κ3) is 2.24. The maximum Gasteiger partial charge on any atom is 0.335 e. The summed E-state index contributed by atoms with van der Waals surface area (Å²) in [6.07, 6.45) is 0. The van der Waals surface area contributed by atoms with Gasteiger partial charge in [0.05, 0.1) is 37.5 Å². The summed E-state index contributed by atoms with van der Waals surface area (Å²) in [4.78, 5) is 54.4. The summed E-state index contributed by atoms with van der Waals surface area (Å²) in [6, 6.07) is 2.89. The monoisotopic (exact) mass is 359 g/mol. The fourth-order valence-corrected chi connectivity index (χ4v) is 2.78. The first-order chi connectivity index (χ1) is 12.1. The van der Waals surface area contributed by atoms with E-state index in [1.54, 1.807) is 0 Å². The van der Waals surface area contributed by atoms with Crippen molar-refractivity contribution < 1.29 is 29.5 Å². The summed E-state index contributed by atoms with van der Waals surface area (Å²) >= 11 is 0. The number of fused-ring (bicyclic) bond motifs is 3. The van der Waals surface area contributed by atoms with Gasteiger partial charge in [-0.05, 0) is 6.07 Å². The van der Waals surface area contributed by atoms with E-state index in [9.17, 15) is 39.9 Å². The molecule has 12 heteroatoms. The number of hydrogen-bond acceptors (Lipinski definition) is 8. The van der Waals surface area contributed by atoms with E-state index in [0.717, 1.165) is 12.1 Å². The van der Waals surface area contributed by atoms with Crippen molar-refractivity contribution in [1.82, 2.24) is 0 Å². The predicted octanol–water partition coefficient (Wildman–Crippen LogP) is 2.32. The van der Waals surface area contributed by atoms with Gasteiger partial charge in [0.15, 0.2) is 5.78 Å². The highest BCUT2D eigenvalue weighted by atomic mass is 16.6. The lowest BCUT2D eigenvalue weighted by molar-refractivity contribution is -0.394. The van der Waals surface area contributed by atoms with Gasteiger partial charge in [0, 0.05) is 23.3 Å². The Morgan fingerprint density at radius 3 is 1.77 bits per heavy atom. The van der Waals surface area contributed by atoms with Crippen LogP contribution in [0.15, 0.2) is 24.3 Å². The van der Waals surface area contributed by atoms with Gasteiger partial charge < -0.3 is 5.11 Å². The molecule has 26 heavy (non-hydrogen) atoms. The molecule has 1 aliphatic carbocycles. The molecular weight excluding hydrogens is 354 g/mol. The highest BCUT2D eigenvalue weighted by molar-refractivity contribution is 6.25. The molecule has 2 aromatic rings. The number of nitro benzene ring substituents is 3. The molecule has 0 spiro atoms. The van der Waals surface area contributed by atoms with Crippen molar-refractivity contribution in [2.75, 3.05) is 0 Å². The minimum atomic E-state index is -1.54. The molecule has 0 saturated heterocycles. The van der Waals surface area contributed by atoms with Crippen LogP contribution in [0, 0.1) is 30.3 Å². The van der Waals surface area contributed by atoms with E-state index < -0.39 is 71.4 Å². The van der Waals surface area contributed by atoms with Crippen LogP contribution >= 0.6 is 0 Å². The Kier molecular flexibility index (Phi) is 3.46. The molecule has 2 aromatic carbocycles. The Morgan fingerprint density at radius 2 is 1.31 bits per heavy atom. The Balaban J connectivity index is 2.48. The molecule has 0 atom stereocenters. The lowest BCUT2D eigenvalue weighted by atomic mass is 9.99. The molecule has 1 aliphatic rings. The molecular formula is C14H5N3O9. The second-order valence-electron chi connectivity index (χ2n) is 5.21. The quantitative estimate of drug-likeness (QED) is 0.539. The van der Waals surface area contributed by atoms with Crippen LogP contribution in [-0.4, -0.2) is 31.6 Å². The summed E-state index contributed by atoms with van der Waals surface area (Å²) in [5.41, 5.74) is -4.74. The molecule has 0 bridgehead atoms. The summed E-state index contributed by atoms with van der Waals surface area (Å²) in [6.45, 7) is 0. The van der Waals surface area contributed by atoms with E-state index in [-0.39, 0.29) is 0 Å². The molecule has 130 valence electrons. The first kappa shape index (κ1) is 16.6. The molecule has 0 heterocycles. The number of rotatable bonds is 4. The van der Waals surface area contributed by atoms with Gasteiger partial charge in [-0.2, -0.15) is 0 Å². The molecule has 0 aromatic heterocycles. The molecule has 0 amide bonds. The van der Waals surface area contributed by atoms with Crippen LogP contribution < -0.4 is 0 Å². The van der Waals surface area contributed by atoms with Crippen LogP contribution in [0.25, 0.3) is 11.1 Å². The van der Waals surface area contributed by atoms with Gasteiger partial charge in [0.25, 0.3) is 17.1 Å². The van der Waals surface area contributed by atoms with E-state index >= 15 is 0 Å². The van der Waals surface area contributed by atoms with Crippen molar-refractivity contribution in [3.05, 3.63) is 71.3 Å². The highest BCUT2D eigenvalue weighted by Gasteiger charge is 2.41. The third-order valence-electron chi connectivity index (χ3n) is 3.81. The van der Waals surface area contributed by atoms with Crippen LogP contribution in [0.1, 0.15) is 26.3 Å². The van der Waals surface area contributed by atoms with Crippen LogP contribution in [0.2, 0.25) is 0 Å². The zero-order valence-corrected chi connectivity index (χ0v) is 12.4. The van der Waals surface area contributed by atoms with Gasteiger partial charge in [-0.3, -0.25) is 35.1 Å². The largest absolute Gasteiger partial charge is 0.478 e. The van der Waals surface area contributed by atoms with Gasteiger partial charge >= 0.3 is 5.97 Å². The maximum absolute atomic E-state index is 12.5. The zero-order chi connectivity index (χ0) is 19.3. The Labute approximate surface area is 141 Å². The molecule has 3 rings (SSSR count). The number of hydrogen-bond donors (Lipinski definition) is 1. The average molecular weight is 359 g/mol. The summed E-state index contributed by atoms with van der Waals surface area (Å²) < 4.78 is 0. The topological polar surface area (TPSA) is 184 Å². The zero-order valence-electron chi connectivity index (χ0n) is 12.4. The van der Waals surface area contributed by atoms with Crippen LogP contribution in [0.5, 0.6) is 0 Å². The van der Waals surface area contributed by atoms with Gasteiger partial charge in [-0.15, -0.1) is 0 Å². The van der Waals surface area contributed by atoms with Crippen LogP contribution in [0.4, 0.5) is 17.1 Å². The normalized spacial score (nSPS) is 11.6. The van der Waals surface area contributed by atoms with Gasteiger partial charge in [0.1, 0.15) is 0 Å². The van der Waals surface area contributed by atoms with Crippen molar-refractivity contribution in [2.24, 2.45) is 0 Å². The van der Waals surface area contributed by atoms with Crippen molar-refractivity contribution in [3.63, 3.8) is 0 Å². The number of carbonyl (C=O) groups is 2. The number of nitrogens with zero attached hydrogens (tertiary/aromatic N) is 3. The number of aromatic carboxylic acids is 1. The average Bonchev–Trinajstić information content (AvgIpc) is 2.85. The summed E-state index contributed by atoms with van der Waals surface area (Å²) in [7, 11) is 0. The van der Waals surface area contributed by atoms with Gasteiger partial charge in [0.2, 0.25) is 0 Å². The molecule has 0 aliphatic heterocycles. The predicted molar refractivity (Wildman–Crippen MR) is 82.2 cm³/mol. The van der Waals surface area contributed by atoms with Crippen molar-refractivity contribution in [3.8, 4) is 11.1 Å². The minimum Gasteiger partial charge on any atom is -0.478 e. The van der Waals surface area contributed by atoms with E-state index in [4.69, 9.17) is 5.11 Å². The number of nitro groups is 3. The Bertz CT molecular complexity index is 990. The second-order valence-corrected chi connectivity index (χ2v) is 5.21. The smallest absolute Gasteiger partial charge is 0.335 e. The van der Waals surface area contributed by atoms with E-state index in [0.29, 0.717) is 12.1 Å². The third-order valence-corrected chi connectivity index (χ3v) is 3.81. The van der Waals surface area contributed by atoms with E-state index in [1.165, 1.54) is 0 Å². The molecule has 12 nitrogen and oxygen atoms in total. The van der Waals surface area contributed by atoms with Crippen molar-refractivity contribution in [1.29, 1.82) is 0 Å². The van der Waals surface area contributed by atoms with Crippen LogP contribution in [0.3, 0.4) is 0 Å². The fourth-order valence-electron chi connectivity index (χ4n) is 2.78. The van der Waals surface area contributed by atoms with Crippen molar-refractivity contribution >= 4 is 28.8 Å². The first-order valence-corrected chi connectivity index (χ1v) is 6.71. The second kappa shape index (κ2) is 5.41. The number of benzene rings is 2. The van der Waals surface area contributed by atoms with E-state index in [2.05, 4.69) is 0 Å². The number of non-ortho nitro benzene ring substituents is 1. The van der Waals surface area contributed by atoms with Gasteiger partial charge in [-0.1, -0.05) is 0 Å². The van der Waals surface area contributed by atoms with Crippen molar-refractivity contribution in [2.45, 2.75) is 0 Å². The Hall–Kier alpha value is -4.22. The van der Waals surface area contributed by atoms with Gasteiger partial charge in [-0.25, -0.2) is 4.79 Å². The number of carboxylic acid groups (broad SMARTS) is 1. The highest BCUT2D eigenvalue weighted by Crippen LogP contribution is 2.48. The maximum atomic E-state index is 12.5. The SMILES string of the molecule is O=C(O)c1cc2c(c([N+](=O)[O-])c1)-c1c(cc([N+](=O)[O-])cc1[N+](=O)[O-])C2=O. The molecule has 0 unspecified atom stereocenters. The number of carbonyl (C=O) groups excluding carboxylic acids is 1. The molecule has 0 fully saturated rings. The standard InChI is InChI=1S/C14H5N3O9/c18-13-7-1-5(14(19)20)2-9(16(23)24)11(7)12-8(13)3-6(15(21)22)4-10(12)17(25)26/h1-4H,(H,19,20). The molecule has 0 saturated carbocycles. The van der Waals surface area contributed by atoms with E-state index in [1.807, 2.05) is 0 Å². The molecule has 1 N–H and O–H groups in total. The summed E-state index contributed by atoms with van der Waals surface area (Å²) in [5, 5.41) is 42.7. The lowest BCUT2D eigenvalue weighted by Gasteiger charge is -2.04. The number of ketones is 1. The minimum absolute atomic E-state index is 0.429. The fraction of sp³-hybridized carbons (Fsp3) is 0. The number of carboxylic acids is 1. The first-order valence-electron chi connectivity index (χ1n) is 6.71. The summed E-state index contributed by atoms with van der Waals surface area (Å²) in [5.74, 6) is -2.51. The lowest BCUT2D eigenvalue weighted by Crippen LogP contribution is -2.03.